The summed E-state index contributed by atoms with van der Waals surface area (Å²) in [5.41, 5.74) is 4.60. The van der Waals surface area contributed by atoms with Crippen LogP contribution in [0, 0.1) is 45.1 Å². The number of halogens is 3. The van der Waals surface area contributed by atoms with Gasteiger partial charge in [0.25, 0.3) is 0 Å². The number of carboxylic acid groups (broad SMARTS) is 4. The van der Waals surface area contributed by atoms with E-state index in [2.05, 4.69) is 15.1 Å². The summed E-state index contributed by atoms with van der Waals surface area (Å²) in [6.45, 7) is 6.48. The van der Waals surface area contributed by atoms with E-state index in [9.17, 15) is 32.3 Å². The zero-order valence-corrected chi connectivity index (χ0v) is 35.8. The van der Waals surface area contributed by atoms with Gasteiger partial charge in [-0.3, -0.25) is 9.97 Å². The number of aromatic carboxylic acids is 4. The molecule has 0 bridgehead atoms. The fraction of sp³-hybridized carbons (Fsp3) is 0.0784. The number of hydrogen-bond acceptors (Lipinski definition) is 7. The number of aryl methyl sites for hydroxylation is 4. The highest BCUT2D eigenvalue weighted by Crippen LogP contribution is 2.29. The maximum absolute atomic E-state index is 13.8. The first-order valence-electron chi connectivity index (χ1n) is 19.8. The Morgan fingerprint density at radius 2 is 0.939 bits per heavy atom. The molecule has 0 saturated heterocycles. The van der Waals surface area contributed by atoms with Gasteiger partial charge in [0.15, 0.2) is 0 Å². The van der Waals surface area contributed by atoms with Crippen molar-refractivity contribution in [3.8, 4) is 39.3 Å². The van der Waals surface area contributed by atoms with Gasteiger partial charge in [0, 0.05) is 35.9 Å². The maximum Gasteiger partial charge on any atom is 0.340 e. The molecule has 12 nitrogen and oxygen atoms in total. The largest absolute Gasteiger partial charge is 0.478 e. The second-order valence-electron chi connectivity index (χ2n) is 14.3. The Kier molecular flexibility index (Phi) is 16.2. The second kappa shape index (κ2) is 22.1. The van der Waals surface area contributed by atoms with Gasteiger partial charge in [0.2, 0.25) is 0 Å². The van der Waals surface area contributed by atoms with Crippen LogP contribution in [0.5, 0.6) is 0 Å². The minimum Gasteiger partial charge on any atom is -0.478 e. The van der Waals surface area contributed by atoms with Crippen molar-refractivity contribution in [2.75, 3.05) is 0 Å². The predicted octanol–water partition coefficient (Wildman–Crippen LogP) is 11.2. The van der Waals surface area contributed by atoms with Crippen LogP contribution in [0.3, 0.4) is 0 Å². The maximum atomic E-state index is 13.8. The Hall–Kier alpha value is -8.72. The number of aromatic nitrogens is 4. The molecule has 0 spiro atoms. The first-order valence-corrected chi connectivity index (χ1v) is 19.8. The van der Waals surface area contributed by atoms with Crippen molar-refractivity contribution in [1.82, 2.24) is 19.7 Å². The molecule has 0 unspecified atom stereocenters. The molecule has 0 aliphatic heterocycles. The normalized spacial score (nSPS) is 10.2. The molecule has 66 heavy (non-hydrogen) atoms. The van der Waals surface area contributed by atoms with Crippen LogP contribution in [-0.4, -0.2) is 64.1 Å². The van der Waals surface area contributed by atoms with Gasteiger partial charge in [-0.2, -0.15) is 5.10 Å². The van der Waals surface area contributed by atoms with E-state index in [0.29, 0.717) is 55.9 Å². The molecule has 334 valence electrons. The average Bonchev–Trinajstić information content (AvgIpc) is 3.85. The van der Waals surface area contributed by atoms with Crippen LogP contribution >= 0.6 is 0 Å². The summed E-state index contributed by atoms with van der Waals surface area (Å²) >= 11 is 0. The van der Waals surface area contributed by atoms with Crippen LogP contribution in [0.25, 0.3) is 39.3 Å². The zero-order chi connectivity index (χ0) is 48.1. The van der Waals surface area contributed by atoms with Gasteiger partial charge in [-0.05, 0) is 98.0 Å². The molecular formula is C51H41F3N4O8. The number of benzene rings is 5. The molecule has 0 amide bonds. The summed E-state index contributed by atoms with van der Waals surface area (Å²) in [5, 5.41) is 40.2. The van der Waals surface area contributed by atoms with E-state index in [4.69, 9.17) is 20.4 Å². The summed E-state index contributed by atoms with van der Waals surface area (Å²) in [5.74, 6) is -6.85. The third-order valence-electron chi connectivity index (χ3n) is 9.75. The van der Waals surface area contributed by atoms with E-state index in [1.165, 1.54) is 36.9 Å². The van der Waals surface area contributed by atoms with Crippen molar-refractivity contribution < 1.29 is 52.8 Å². The zero-order valence-electron chi connectivity index (χ0n) is 35.8. The minimum absolute atomic E-state index is 0.223. The van der Waals surface area contributed by atoms with Gasteiger partial charge < -0.3 is 20.4 Å². The highest BCUT2D eigenvalue weighted by Gasteiger charge is 2.21. The molecule has 8 rings (SSSR count). The van der Waals surface area contributed by atoms with Crippen LogP contribution in [0.1, 0.15) is 63.7 Å². The summed E-state index contributed by atoms with van der Waals surface area (Å²) in [6.07, 6.45) is 6.26. The Morgan fingerprint density at radius 3 is 1.42 bits per heavy atom. The number of nitrogens with zero attached hydrogens (tertiary/aromatic N) is 4. The van der Waals surface area contributed by atoms with Crippen molar-refractivity contribution in [3.05, 3.63) is 214 Å². The highest BCUT2D eigenvalue weighted by molar-refractivity contribution is 5.98. The van der Waals surface area contributed by atoms with E-state index in [1.807, 2.05) is 25.1 Å². The highest BCUT2D eigenvalue weighted by atomic mass is 19.1. The fourth-order valence-electron chi connectivity index (χ4n) is 6.43. The number of rotatable bonds is 8. The fourth-order valence-corrected chi connectivity index (χ4v) is 6.43. The van der Waals surface area contributed by atoms with E-state index in [1.54, 1.807) is 123 Å². The molecule has 0 aliphatic rings. The first kappa shape index (κ1) is 48.3. The molecule has 0 radical (unpaired) electrons. The minimum atomic E-state index is -1.30. The van der Waals surface area contributed by atoms with E-state index < -0.39 is 41.3 Å². The van der Waals surface area contributed by atoms with Gasteiger partial charge in [-0.25, -0.2) is 37.0 Å². The molecule has 0 saturated carbocycles. The number of carboxylic acids is 4. The Labute approximate surface area is 376 Å². The number of pyridine rings is 2. The SMILES string of the molecule is Cc1ccc(-c2ccccc2)c(C(=O)O)c1F.Cc1ccc(-c2ccccn2)c(C(=O)O)c1.Cc1ccc(-c2ccccn2)c(C(=O)O)c1F.Cc1ccc(-n2cccn2)c(C(=O)O)c1F. The summed E-state index contributed by atoms with van der Waals surface area (Å²) in [7, 11) is 0. The van der Waals surface area contributed by atoms with Crippen molar-refractivity contribution in [3.63, 3.8) is 0 Å². The molecule has 0 aliphatic carbocycles. The first-order chi connectivity index (χ1) is 31.5. The summed E-state index contributed by atoms with van der Waals surface area (Å²) in [4.78, 5) is 52.5. The molecule has 3 heterocycles. The van der Waals surface area contributed by atoms with Crippen LogP contribution in [0.2, 0.25) is 0 Å². The predicted molar refractivity (Wildman–Crippen MR) is 241 cm³/mol. The second-order valence-corrected chi connectivity index (χ2v) is 14.3. The lowest BCUT2D eigenvalue weighted by molar-refractivity contribution is 0.0680. The van der Waals surface area contributed by atoms with E-state index >= 15 is 0 Å². The van der Waals surface area contributed by atoms with Crippen molar-refractivity contribution in [2.24, 2.45) is 0 Å². The smallest absolute Gasteiger partial charge is 0.340 e. The monoisotopic (exact) mass is 894 g/mol. The lowest BCUT2D eigenvalue weighted by Crippen LogP contribution is -2.09. The van der Waals surface area contributed by atoms with Gasteiger partial charge in [-0.15, -0.1) is 0 Å². The van der Waals surface area contributed by atoms with Gasteiger partial charge in [0.05, 0.1) is 22.6 Å². The van der Waals surface area contributed by atoms with E-state index in [-0.39, 0.29) is 22.4 Å². The Bertz CT molecular complexity index is 2900. The molecule has 0 atom stereocenters. The third-order valence-corrected chi connectivity index (χ3v) is 9.75. The van der Waals surface area contributed by atoms with Crippen molar-refractivity contribution >= 4 is 23.9 Å². The van der Waals surface area contributed by atoms with Gasteiger partial charge in [-0.1, -0.05) is 90.5 Å². The molecule has 3 aromatic heterocycles. The van der Waals surface area contributed by atoms with Gasteiger partial charge in [0.1, 0.15) is 34.1 Å². The lowest BCUT2D eigenvalue weighted by Gasteiger charge is -2.09. The number of carbonyl (C=O) groups is 4. The third kappa shape index (κ3) is 11.6. The summed E-state index contributed by atoms with van der Waals surface area (Å²) < 4.78 is 42.6. The quantitative estimate of drug-likeness (QED) is 0.113. The standard InChI is InChI=1S/C14H11FO2.C13H10FNO2.C13H11NO2.C11H9FN2O2/c1-9-7-8-11(10-5-3-2-4-6-10)12(13(9)15)14(16)17;1-8-5-6-9(10-4-2-3-7-15-10)11(12(8)14)13(16)17;1-9-5-6-10(11(8-9)13(15)16)12-4-2-3-7-14-12;1-7-3-4-8(14-6-2-5-13-14)9(10(7)12)11(15)16/h2-8H,1H3,(H,16,17);2-7H,1H3,(H,16,17);2-8H,1H3,(H,15,16);2-6H,1H3,(H,15,16). The van der Waals surface area contributed by atoms with E-state index in [0.717, 1.165) is 5.56 Å². The van der Waals surface area contributed by atoms with Crippen LogP contribution in [-0.2, 0) is 0 Å². The Morgan fingerprint density at radius 1 is 0.470 bits per heavy atom. The topological polar surface area (TPSA) is 193 Å². The average molecular weight is 895 g/mol. The molecule has 5 aromatic carbocycles. The van der Waals surface area contributed by atoms with Crippen molar-refractivity contribution in [1.29, 1.82) is 0 Å². The lowest BCUT2D eigenvalue weighted by atomic mass is 9.97. The molecule has 0 fully saturated rings. The van der Waals surface area contributed by atoms with Crippen LogP contribution in [0.15, 0.2) is 152 Å². The molecule has 15 heteroatoms. The summed E-state index contributed by atoms with van der Waals surface area (Å²) in [6, 6.07) is 35.9. The molecular weight excluding hydrogens is 854 g/mol. The Balaban J connectivity index is 0.000000165. The van der Waals surface area contributed by atoms with Crippen LogP contribution < -0.4 is 0 Å². The molecule has 4 N–H and O–H groups in total. The number of hydrogen-bond donors (Lipinski definition) is 4. The van der Waals surface area contributed by atoms with Crippen molar-refractivity contribution in [2.45, 2.75) is 27.7 Å². The van der Waals surface area contributed by atoms with Gasteiger partial charge >= 0.3 is 23.9 Å². The van der Waals surface area contributed by atoms with Crippen LogP contribution in [0.4, 0.5) is 13.2 Å². The molecule has 8 aromatic rings.